The van der Waals surface area contributed by atoms with Gasteiger partial charge in [0.25, 0.3) is 5.91 Å². The number of fused-ring (bicyclic) bond motifs is 13. The van der Waals surface area contributed by atoms with E-state index in [9.17, 15) is 14.4 Å². The maximum Gasteiger partial charge on any atom is 0.252 e. The molecule has 1 saturated heterocycles. The summed E-state index contributed by atoms with van der Waals surface area (Å²) in [6, 6.07) is 16.3. The molecule has 0 aliphatic carbocycles. The van der Waals surface area contributed by atoms with Gasteiger partial charge in [0.1, 0.15) is 6.23 Å². The van der Waals surface area contributed by atoms with E-state index in [1.165, 1.54) is 6.08 Å². The number of amides is 3. The number of ether oxygens (including phenoxy) is 1. The number of rotatable bonds is 7. The second kappa shape index (κ2) is 9.67. The van der Waals surface area contributed by atoms with Crippen LogP contribution < -0.4 is 16.0 Å². The number of nitrogens with one attached hydrogen (secondary N) is 3. The summed E-state index contributed by atoms with van der Waals surface area (Å²) in [6.07, 6.45) is 3.37. The van der Waals surface area contributed by atoms with Gasteiger partial charge in [-0.3, -0.25) is 14.4 Å². The lowest BCUT2D eigenvalue weighted by Gasteiger charge is -2.32. The first kappa shape index (κ1) is 26.9. The Labute approximate surface area is 253 Å². The van der Waals surface area contributed by atoms with Gasteiger partial charge in [0.15, 0.2) is 5.72 Å². The standard InChI is InChI=1S/C34H34N6O4/c1-34-22(32(42)36-15-14-35-25(41)13-8-16-38(2)3)17-26(44-34)39-23-11-6-4-9-19(23)28-29-21(18-37-33(29)43)27-20-10-5-7-12-24(20)40(34)31(27)30(28)39/h4-13,22,26H,14-18H2,1-3H3,(H,35,41)(H,36,42)(H,37,43)/b13-8+. The number of hydrogen-bond donors (Lipinski definition) is 3. The van der Waals surface area contributed by atoms with Crippen molar-refractivity contribution in [2.24, 2.45) is 5.92 Å². The highest BCUT2D eigenvalue weighted by Crippen LogP contribution is 2.56. The molecule has 0 saturated carbocycles. The molecule has 2 aromatic heterocycles. The largest absolute Gasteiger partial charge is 0.354 e. The fourth-order valence-corrected chi connectivity index (χ4v) is 7.71. The number of likely N-dealkylation sites (N-methyl/N-ethyl adjacent to an activating group) is 1. The van der Waals surface area contributed by atoms with Crippen LogP contribution in [0.25, 0.3) is 43.6 Å². The van der Waals surface area contributed by atoms with Gasteiger partial charge in [0.2, 0.25) is 11.8 Å². The van der Waals surface area contributed by atoms with Crippen molar-refractivity contribution < 1.29 is 19.1 Å². The zero-order valence-corrected chi connectivity index (χ0v) is 24.9. The van der Waals surface area contributed by atoms with Gasteiger partial charge < -0.3 is 34.7 Å². The van der Waals surface area contributed by atoms with Crippen LogP contribution in [0.3, 0.4) is 0 Å². The predicted octanol–water partition coefficient (Wildman–Crippen LogP) is 3.72. The van der Waals surface area contributed by atoms with Gasteiger partial charge in [-0.05, 0) is 38.7 Å². The molecule has 10 nitrogen and oxygen atoms in total. The number of carbonyl (C=O) groups excluding carboxylic acids is 3. The lowest BCUT2D eigenvalue weighted by Crippen LogP contribution is -2.45. The van der Waals surface area contributed by atoms with Crippen LogP contribution in [-0.4, -0.2) is 65.5 Å². The Hall–Kier alpha value is -4.67. The third-order valence-corrected chi connectivity index (χ3v) is 9.49. The van der Waals surface area contributed by atoms with Crippen molar-refractivity contribution in [1.29, 1.82) is 0 Å². The Morgan fingerprint density at radius 3 is 2.50 bits per heavy atom. The Morgan fingerprint density at radius 2 is 1.73 bits per heavy atom. The summed E-state index contributed by atoms with van der Waals surface area (Å²) in [5, 5.41) is 13.0. The smallest absolute Gasteiger partial charge is 0.252 e. The number of carbonyl (C=O) groups is 3. The van der Waals surface area contributed by atoms with E-state index in [2.05, 4.69) is 49.4 Å². The average Bonchev–Trinajstić information content (AvgIpc) is 3.72. The van der Waals surface area contributed by atoms with Crippen molar-refractivity contribution in [2.75, 3.05) is 33.7 Å². The average molecular weight is 591 g/mol. The van der Waals surface area contributed by atoms with Crippen molar-refractivity contribution in [1.82, 2.24) is 30.0 Å². The Kier molecular flexibility index (Phi) is 5.91. The fourth-order valence-electron chi connectivity index (χ4n) is 7.71. The quantitative estimate of drug-likeness (QED) is 0.198. The molecule has 3 aliphatic rings. The number of para-hydroxylation sites is 2. The fraction of sp³-hybridized carbons (Fsp3) is 0.324. The van der Waals surface area contributed by atoms with Crippen LogP contribution in [0.4, 0.5) is 0 Å². The number of hydrogen-bond acceptors (Lipinski definition) is 5. The van der Waals surface area contributed by atoms with Crippen molar-refractivity contribution in [3.05, 3.63) is 71.8 Å². The molecule has 3 aliphatic heterocycles. The molecular formula is C34H34N6O4. The molecule has 8 rings (SSSR count). The summed E-state index contributed by atoms with van der Waals surface area (Å²) >= 11 is 0. The summed E-state index contributed by atoms with van der Waals surface area (Å²) in [5.41, 5.74) is 4.65. The lowest BCUT2D eigenvalue weighted by atomic mass is 9.92. The molecule has 1 fully saturated rings. The second-order valence-electron chi connectivity index (χ2n) is 12.4. The normalized spacial score (nSPS) is 22.1. The summed E-state index contributed by atoms with van der Waals surface area (Å²) in [5.74, 6) is -0.862. The molecule has 224 valence electrons. The van der Waals surface area contributed by atoms with E-state index in [4.69, 9.17) is 4.74 Å². The van der Waals surface area contributed by atoms with Crippen molar-refractivity contribution in [2.45, 2.75) is 31.8 Å². The van der Waals surface area contributed by atoms with E-state index in [1.807, 2.05) is 50.2 Å². The molecule has 10 heteroatoms. The maximum absolute atomic E-state index is 14.0. The SMILES string of the molecule is CN(C)C/C=C/C(=O)NCCNC(=O)C1CC2OC1(C)n1c3ccccc3c3c4c(c5c6ccccc6n2c5c31)C(=O)NC4. The van der Waals surface area contributed by atoms with Crippen LogP contribution in [0, 0.1) is 5.92 Å². The molecule has 3 atom stereocenters. The van der Waals surface area contributed by atoms with Gasteiger partial charge in [0, 0.05) is 60.2 Å². The zero-order valence-electron chi connectivity index (χ0n) is 24.9. The molecule has 0 radical (unpaired) electrons. The predicted molar refractivity (Wildman–Crippen MR) is 169 cm³/mol. The maximum atomic E-state index is 14.0. The first-order chi connectivity index (χ1) is 21.3. The summed E-state index contributed by atoms with van der Waals surface area (Å²) in [7, 11) is 3.88. The summed E-state index contributed by atoms with van der Waals surface area (Å²) < 4.78 is 11.4. The summed E-state index contributed by atoms with van der Waals surface area (Å²) in [4.78, 5) is 41.5. The first-order valence-electron chi connectivity index (χ1n) is 15.1. The molecule has 3 amide bonds. The molecule has 2 bridgehead atoms. The van der Waals surface area contributed by atoms with Gasteiger partial charge in [-0.25, -0.2) is 0 Å². The minimum absolute atomic E-state index is 0.0549. The van der Waals surface area contributed by atoms with Crippen molar-refractivity contribution in [3.8, 4) is 0 Å². The monoisotopic (exact) mass is 590 g/mol. The molecule has 5 heterocycles. The van der Waals surface area contributed by atoms with E-state index in [-0.39, 0.29) is 17.7 Å². The molecule has 3 unspecified atom stereocenters. The third kappa shape index (κ3) is 3.64. The molecule has 5 aromatic rings. The van der Waals surface area contributed by atoms with Crippen molar-refractivity contribution >= 4 is 61.3 Å². The highest BCUT2D eigenvalue weighted by Gasteiger charge is 2.54. The van der Waals surface area contributed by atoms with Gasteiger partial charge in [-0.1, -0.05) is 42.5 Å². The topological polar surface area (TPSA) is 110 Å². The molecule has 44 heavy (non-hydrogen) atoms. The van der Waals surface area contributed by atoms with Gasteiger partial charge in [-0.15, -0.1) is 0 Å². The van der Waals surface area contributed by atoms with Gasteiger partial charge >= 0.3 is 0 Å². The number of benzene rings is 3. The molecule has 3 aromatic carbocycles. The minimum atomic E-state index is -0.994. The van der Waals surface area contributed by atoms with E-state index < -0.39 is 17.9 Å². The van der Waals surface area contributed by atoms with Crippen LogP contribution in [0.2, 0.25) is 0 Å². The molecule has 0 spiro atoms. The Morgan fingerprint density at radius 1 is 1.02 bits per heavy atom. The van der Waals surface area contributed by atoms with E-state index in [0.29, 0.717) is 32.6 Å². The number of nitrogens with zero attached hydrogens (tertiary/aromatic N) is 3. The second-order valence-corrected chi connectivity index (χ2v) is 12.4. The van der Waals surface area contributed by atoms with Crippen LogP contribution in [-0.2, 0) is 26.6 Å². The minimum Gasteiger partial charge on any atom is -0.354 e. The zero-order chi connectivity index (χ0) is 30.3. The van der Waals surface area contributed by atoms with Crippen LogP contribution >= 0.6 is 0 Å². The van der Waals surface area contributed by atoms with E-state index in [1.54, 1.807) is 6.08 Å². The highest BCUT2D eigenvalue weighted by atomic mass is 16.5. The third-order valence-electron chi connectivity index (χ3n) is 9.49. The first-order valence-corrected chi connectivity index (χ1v) is 15.1. The number of aromatic nitrogens is 2. The lowest BCUT2D eigenvalue weighted by molar-refractivity contribution is -0.144. The van der Waals surface area contributed by atoms with Crippen molar-refractivity contribution in [3.63, 3.8) is 0 Å². The van der Waals surface area contributed by atoms with Gasteiger partial charge in [-0.2, -0.15) is 0 Å². The summed E-state index contributed by atoms with van der Waals surface area (Å²) in [6.45, 7) is 3.77. The van der Waals surface area contributed by atoms with Gasteiger partial charge in [0.05, 0.1) is 33.5 Å². The highest BCUT2D eigenvalue weighted by molar-refractivity contribution is 6.31. The molecule has 3 N–H and O–H groups in total. The van der Waals surface area contributed by atoms with E-state index >= 15 is 0 Å². The molecular weight excluding hydrogens is 556 g/mol. The Balaban J connectivity index is 1.24. The Bertz CT molecular complexity index is 2090. The van der Waals surface area contributed by atoms with Crippen LogP contribution in [0.5, 0.6) is 0 Å². The van der Waals surface area contributed by atoms with Crippen LogP contribution in [0.15, 0.2) is 60.7 Å². The van der Waals surface area contributed by atoms with E-state index in [0.717, 1.165) is 54.7 Å². The van der Waals surface area contributed by atoms with Crippen LogP contribution in [0.1, 0.15) is 35.5 Å².